The Labute approximate surface area is 179 Å². The molecule has 31 heavy (non-hydrogen) atoms. The molecule has 2 aromatic carbocycles. The third kappa shape index (κ3) is 3.87. The van der Waals surface area contributed by atoms with Gasteiger partial charge in [0.15, 0.2) is 11.5 Å². The molecule has 0 amide bonds. The number of aromatic nitrogens is 1. The molecule has 8 heteroatoms. The molecule has 158 valence electrons. The predicted molar refractivity (Wildman–Crippen MR) is 115 cm³/mol. The molecule has 4 aromatic rings. The van der Waals surface area contributed by atoms with E-state index in [9.17, 15) is 8.42 Å². The van der Waals surface area contributed by atoms with Crippen LogP contribution in [0.5, 0.6) is 11.5 Å². The van der Waals surface area contributed by atoms with Crippen molar-refractivity contribution in [2.45, 2.75) is 23.3 Å². The third-order valence-corrected chi connectivity index (χ3v) is 6.22. The number of furan rings is 1. The van der Waals surface area contributed by atoms with E-state index >= 15 is 0 Å². The van der Waals surface area contributed by atoms with Crippen molar-refractivity contribution in [1.82, 2.24) is 4.98 Å². The molecule has 7 nitrogen and oxygen atoms in total. The van der Waals surface area contributed by atoms with Crippen molar-refractivity contribution in [3.8, 4) is 11.5 Å². The second-order valence-electron chi connectivity index (χ2n) is 7.37. The lowest BCUT2D eigenvalue weighted by Gasteiger charge is -2.24. The SMILES string of the molecule is NS(=O)(=O)c1ccc2c(c1)OCCC([C@H](c1ccccn1)c1cc3ccccc3o1)O2. The topological polar surface area (TPSA) is 105 Å². The van der Waals surface area contributed by atoms with Gasteiger partial charge in [0.25, 0.3) is 0 Å². The molecular weight excluding hydrogens is 416 g/mol. The highest BCUT2D eigenvalue weighted by Crippen LogP contribution is 2.39. The van der Waals surface area contributed by atoms with E-state index in [2.05, 4.69) is 4.98 Å². The molecule has 0 fully saturated rings. The highest BCUT2D eigenvalue weighted by Gasteiger charge is 2.33. The number of fused-ring (bicyclic) bond motifs is 2. The zero-order valence-corrected chi connectivity index (χ0v) is 17.3. The van der Waals surface area contributed by atoms with Crippen LogP contribution in [0, 0.1) is 0 Å². The standard InChI is InChI=1S/C23H20N2O5S/c24-31(26,27)16-8-9-19-21(14-16)28-12-10-20(30-19)23(17-6-3-4-11-25-17)22-13-15-5-1-2-7-18(15)29-22/h1-9,11,13-14,20,23H,10,12H2,(H2,24,26,27)/t20?,23-/m0/s1. The summed E-state index contributed by atoms with van der Waals surface area (Å²) >= 11 is 0. The Hall–Kier alpha value is -3.36. The van der Waals surface area contributed by atoms with Gasteiger partial charge in [-0.1, -0.05) is 24.3 Å². The summed E-state index contributed by atoms with van der Waals surface area (Å²) in [5, 5.41) is 6.25. The van der Waals surface area contributed by atoms with Crippen LogP contribution in [0.25, 0.3) is 11.0 Å². The molecule has 5 rings (SSSR count). The minimum Gasteiger partial charge on any atom is -0.490 e. The summed E-state index contributed by atoms with van der Waals surface area (Å²) in [7, 11) is -3.84. The Morgan fingerprint density at radius 3 is 2.61 bits per heavy atom. The quantitative estimate of drug-likeness (QED) is 0.521. The van der Waals surface area contributed by atoms with Crippen LogP contribution in [-0.4, -0.2) is 26.1 Å². The van der Waals surface area contributed by atoms with Gasteiger partial charge in [0.2, 0.25) is 10.0 Å². The zero-order valence-electron chi connectivity index (χ0n) is 16.5. The summed E-state index contributed by atoms with van der Waals surface area (Å²) in [6.45, 7) is 0.343. The first-order chi connectivity index (χ1) is 15.0. The fraction of sp³-hybridized carbons (Fsp3) is 0.174. The Morgan fingerprint density at radius 1 is 1.00 bits per heavy atom. The molecular formula is C23H20N2O5S. The lowest BCUT2D eigenvalue weighted by Crippen LogP contribution is -2.27. The van der Waals surface area contributed by atoms with Crippen LogP contribution in [0.3, 0.4) is 0 Å². The molecule has 1 aliphatic rings. The van der Waals surface area contributed by atoms with E-state index in [1.165, 1.54) is 12.1 Å². The Kier molecular flexibility index (Phi) is 4.88. The summed E-state index contributed by atoms with van der Waals surface area (Å²) in [5.74, 6) is 1.26. The van der Waals surface area contributed by atoms with Gasteiger partial charge in [-0.05, 0) is 36.4 Å². The van der Waals surface area contributed by atoms with Crippen LogP contribution < -0.4 is 14.6 Å². The maximum atomic E-state index is 11.7. The second-order valence-corrected chi connectivity index (χ2v) is 8.93. The van der Waals surface area contributed by atoms with Gasteiger partial charge >= 0.3 is 0 Å². The van der Waals surface area contributed by atoms with Crippen molar-refractivity contribution >= 4 is 21.0 Å². The predicted octanol–water partition coefficient (Wildman–Crippen LogP) is 3.84. The number of para-hydroxylation sites is 1. The van der Waals surface area contributed by atoms with E-state index in [-0.39, 0.29) is 16.9 Å². The van der Waals surface area contributed by atoms with Crippen LogP contribution in [0.2, 0.25) is 0 Å². The molecule has 3 heterocycles. The molecule has 1 aliphatic heterocycles. The van der Waals surface area contributed by atoms with Gasteiger partial charge in [0.1, 0.15) is 17.4 Å². The van der Waals surface area contributed by atoms with Crippen LogP contribution >= 0.6 is 0 Å². The minimum absolute atomic E-state index is 0.0214. The molecule has 0 bridgehead atoms. The molecule has 0 saturated carbocycles. The van der Waals surface area contributed by atoms with Gasteiger partial charge in [-0.15, -0.1) is 0 Å². The number of benzene rings is 2. The fourth-order valence-electron chi connectivity index (χ4n) is 3.85. The van der Waals surface area contributed by atoms with E-state index < -0.39 is 10.0 Å². The number of nitrogens with two attached hydrogens (primary N) is 1. The molecule has 2 atom stereocenters. The molecule has 0 spiro atoms. The maximum absolute atomic E-state index is 11.7. The van der Waals surface area contributed by atoms with Crippen LogP contribution in [0.15, 0.2) is 82.2 Å². The normalized spacial score (nSPS) is 17.3. The lowest BCUT2D eigenvalue weighted by atomic mass is 9.92. The van der Waals surface area contributed by atoms with E-state index in [0.717, 1.165) is 22.4 Å². The summed E-state index contributed by atoms with van der Waals surface area (Å²) in [5.41, 5.74) is 1.61. The summed E-state index contributed by atoms with van der Waals surface area (Å²) in [4.78, 5) is 4.54. The highest BCUT2D eigenvalue weighted by molar-refractivity contribution is 7.89. The number of hydrogen-bond donors (Lipinski definition) is 1. The summed E-state index contributed by atoms with van der Waals surface area (Å²) in [6.07, 6.45) is 1.96. The summed E-state index contributed by atoms with van der Waals surface area (Å²) in [6, 6.07) is 19.9. The van der Waals surface area contributed by atoms with Crippen molar-refractivity contribution in [3.05, 3.63) is 84.4 Å². The number of ether oxygens (including phenoxy) is 2. The summed E-state index contributed by atoms with van der Waals surface area (Å²) < 4.78 is 41.7. The Morgan fingerprint density at radius 2 is 1.84 bits per heavy atom. The monoisotopic (exact) mass is 436 g/mol. The van der Waals surface area contributed by atoms with E-state index in [1.54, 1.807) is 12.3 Å². The number of rotatable bonds is 4. The van der Waals surface area contributed by atoms with Gasteiger partial charge in [0.05, 0.1) is 23.1 Å². The van der Waals surface area contributed by atoms with Gasteiger partial charge in [-0.25, -0.2) is 13.6 Å². The first kappa shape index (κ1) is 19.6. The number of pyridine rings is 1. The molecule has 0 aliphatic carbocycles. The van der Waals surface area contributed by atoms with Crippen molar-refractivity contribution in [2.75, 3.05) is 6.61 Å². The van der Waals surface area contributed by atoms with E-state index in [1.807, 2.05) is 48.5 Å². The van der Waals surface area contributed by atoms with Crippen molar-refractivity contribution in [2.24, 2.45) is 5.14 Å². The first-order valence-electron chi connectivity index (χ1n) is 9.85. The Balaban J connectivity index is 1.57. The van der Waals surface area contributed by atoms with Gasteiger partial charge in [0, 0.05) is 24.1 Å². The van der Waals surface area contributed by atoms with Crippen LogP contribution in [0.4, 0.5) is 0 Å². The zero-order chi connectivity index (χ0) is 21.4. The number of primary sulfonamides is 1. The molecule has 2 N–H and O–H groups in total. The van der Waals surface area contributed by atoms with E-state index in [0.29, 0.717) is 24.5 Å². The second kappa shape index (κ2) is 7.72. The van der Waals surface area contributed by atoms with Crippen molar-refractivity contribution < 1.29 is 22.3 Å². The van der Waals surface area contributed by atoms with Gasteiger partial charge in [-0.3, -0.25) is 4.98 Å². The Bertz CT molecular complexity index is 1300. The molecule has 0 saturated heterocycles. The lowest BCUT2D eigenvalue weighted by molar-refractivity contribution is 0.163. The molecule has 1 unspecified atom stereocenters. The van der Waals surface area contributed by atoms with Gasteiger partial charge < -0.3 is 13.9 Å². The fourth-order valence-corrected chi connectivity index (χ4v) is 4.38. The first-order valence-corrected chi connectivity index (χ1v) is 11.4. The highest BCUT2D eigenvalue weighted by atomic mass is 32.2. The average Bonchev–Trinajstić information content (AvgIpc) is 3.06. The minimum atomic E-state index is -3.84. The molecule has 0 radical (unpaired) electrons. The number of sulfonamides is 1. The van der Waals surface area contributed by atoms with Crippen molar-refractivity contribution in [1.29, 1.82) is 0 Å². The third-order valence-electron chi connectivity index (χ3n) is 5.31. The van der Waals surface area contributed by atoms with E-state index in [4.69, 9.17) is 19.0 Å². The largest absolute Gasteiger partial charge is 0.490 e. The van der Waals surface area contributed by atoms with Gasteiger partial charge in [-0.2, -0.15) is 0 Å². The number of hydrogen-bond acceptors (Lipinski definition) is 6. The van der Waals surface area contributed by atoms with Crippen LogP contribution in [0.1, 0.15) is 23.8 Å². The number of nitrogens with zero attached hydrogens (tertiary/aromatic N) is 1. The average molecular weight is 436 g/mol. The van der Waals surface area contributed by atoms with Crippen molar-refractivity contribution in [3.63, 3.8) is 0 Å². The maximum Gasteiger partial charge on any atom is 0.238 e. The molecule has 2 aromatic heterocycles. The van der Waals surface area contributed by atoms with Crippen LogP contribution in [-0.2, 0) is 10.0 Å². The smallest absolute Gasteiger partial charge is 0.238 e.